The Labute approximate surface area is 82.0 Å². The van der Waals surface area contributed by atoms with Gasteiger partial charge in [-0.3, -0.25) is 14.4 Å². The predicted octanol–water partition coefficient (Wildman–Crippen LogP) is -1.65. The molecule has 0 atom stereocenters. The van der Waals surface area contributed by atoms with E-state index in [0.29, 0.717) is 0 Å². The fraction of sp³-hybridized carbons (Fsp3) is 0.500. The molecule has 15 heavy (non-hydrogen) atoms. The van der Waals surface area contributed by atoms with E-state index in [1.807, 2.05) is 0 Å². The molecular formula is C6H8F3N3O3. The highest BCUT2D eigenvalue weighted by Gasteiger charge is 2.43. The maximum absolute atomic E-state index is 11.9. The molecule has 0 bridgehead atoms. The summed E-state index contributed by atoms with van der Waals surface area (Å²) in [5, 5.41) is 0. The van der Waals surface area contributed by atoms with Gasteiger partial charge in [-0.25, -0.2) is 0 Å². The van der Waals surface area contributed by atoms with Crippen LogP contribution in [0.1, 0.15) is 0 Å². The van der Waals surface area contributed by atoms with Crippen molar-refractivity contribution in [1.82, 2.24) is 4.90 Å². The van der Waals surface area contributed by atoms with Crippen LogP contribution in [0.5, 0.6) is 0 Å². The van der Waals surface area contributed by atoms with Gasteiger partial charge in [0, 0.05) is 0 Å². The van der Waals surface area contributed by atoms with E-state index in [1.54, 1.807) is 0 Å². The number of alkyl halides is 3. The first kappa shape index (κ1) is 13.2. The molecule has 0 rings (SSSR count). The van der Waals surface area contributed by atoms with Crippen LogP contribution in [-0.4, -0.2) is 41.9 Å². The molecule has 0 aromatic heterocycles. The third-order valence-corrected chi connectivity index (χ3v) is 1.22. The molecule has 4 N–H and O–H groups in total. The van der Waals surface area contributed by atoms with E-state index in [9.17, 15) is 27.6 Å². The minimum Gasteiger partial charge on any atom is -0.368 e. The Morgan fingerprint density at radius 1 is 1.00 bits per heavy atom. The van der Waals surface area contributed by atoms with Gasteiger partial charge in [-0.1, -0.05) is 0 Å². The lowest BCUT2D eigenvalue weighted by atomic mass is 10.4. The van der Waals surface area contributed by atoms with Crippen LogP contribution >= 0.6 is 0 Å². The van der Waals surface area contributed by atoms with Gasteiger partial charge in [0.15, 0.2) is 0 Å². The average molecular weight is 227 g/mol. The van der Waals surface area contributed by atoms with Crippen molar-refractivity contribution in [3.8, 4) is 0 Å². The lowest BCUT2D eigenvalue weighted by molar-refractivity contribution is -0.186. The van der Waals surface area contributed by atoms with Gasteiger partial charge < -0.3 is 16.4 Å². The molecule has 6 nitrogen and oxygen atoms in total. The molecule has 0 radical (unpaired) electrons. The van der Waals surface area contributed by atoms with Gasteiger partial charge in [0.25, 0.3) is 0 Å². The third-order valence-electron chi connectivity index (χ3n) is 1.22. The molecule has 0 saturated heterocycles. The molecule has 0 aliphatic rings. The number of amides is 3. The molecule has 0 saturated carbocycles. The minimum absolute atomic E-state index is 0.0648. The highest BCUT2D eigenvalue weighted by Crippen LogP contribution is 2.17. The highest BCUT2D eigenvalue weighted by molar-refractivity contribution is 5.90. The molecule has 0 unspecified atom stereocenters. The summed E-state index contributed by atoms with van der Waals surface area (Å²) in [5.74, 6) is -4.68. The normalized spacial score (nSPS) is 10.9. The number of nitrogens with zero attached hydrogens (tertiary/aromatic N) is 1. The van der Waals surface area contributed by atoms with Crippen molar-refractivity contribution in [2.45, 2.75) is 6.18 Å². The van der Waals surface area contributed by atoms with Gasteiger partial charge in [-0.2, -0.15) is 13.2 Å². The molecule has 0 aromatic rings. The van der Waals surface area contributed by atoms with Gasteiger partial charge in [0.2, 0.25) is 11.8 Å². The van der Waals surface area contributed by atoms with Crippen molar-refractivity contribution in [2.75, 3.05) is 13.1 Å². The maximum atomic E-state index is 11.9. The second-order valence-electron chi connectivity index (χ2n) is 2.59. The molecule has 0 aromatic carbocycles. The van der Waals surface area contributed by atoms with E-state index in [1.165, 1.54) is 0 Å². The van der Waals surface area contributed by atoms with Gasteiger partial charge in [-0.15, -0.1) is 0 Å². The van der Waals surface area contributed by atoms with E-state index in [4.69, 9.17) is 0 Å². The van der Waals surface area contributed by atoms with Crippen molar-refractivity contribution in [2.24, 2.45) is 11.5 Å². The van der Waals surface area contributed by atoms with E-state index in [0.717, 1.165) is 0 Å². The Kier molecular flexibility index (Phi) is 4.07. The molecule has 86 valence electrons. The summed E-state index contributed by atoms with van der Waals surface area (Å²) in [6.45, 7) is -2.03. The summed E-state index contributed by atoms with van der Waals surface area (Å²) in [4.78, 5) is 31.2. The van der Waals surface area contributed by atoms with Crippen LogP contribution in [-0.2, 0) is 14.4 Å². The number of carbonyl (C=O) groups is 3. The van der Waals surface area contributed by atoms with Crippen LogP contribution < -0.4 is 11.5 Å². The van der Waals surface area contributed by atoms with Gasteiger partial charge in [0.1, 0.15) is 13.1 Å². The summed E-state index contributed by atoms with van der Waals surface area (Å²) >= 11 is 0. The quantitative estimate of drug-likeness (QED) is 0.600. The van der Waals surface area contributed by atoms with Crippen LogP contribution in [0, 0.1) is 0 Å². The number of nitrogens with two attached hydrogens (primary N) is 2. The maximum Gasteiger partial charge on any atom is 0.471 e. The summed E-state index contributed by atoms with van der Waals surface area (Å²) in [7, 11) is 0. The Morgan fingerprint density at radius 2 is 1.33 bits per heavy atom. The topological polar surface area (TPSA) is 106 Å². The van der Waals surface area contributed by atoms with Crippen molar-refractivity contribution in [3.63, 3.8) is 0 Å². The first-order chi connectivity index (χ1) is 6.64. The first-order valence-electron chi connectivity index (χ1n) is 3.57. The molecule has 0 aliphatic heterocycles. The van der Waals surface area contributed by atoms with Gasteiger partial charge in [0.05, 0.1) is 0 Å². The summed E-state index contributed by atoms with van der Waals surface area (Å²) in [5.41, 5.74) is 9.20. The molecule has 0 aliphatic carbocycles. The van der Waals surface area contributed by atoms with Crippen molar-refractivity contribution in [3.05, 3.63) is 0 Å². The van der Waals surface area contributed by atoms with Crippen molar-refractivity contribution in [1.29, 1.82) is 0 Å². The Balaban J connectivity index is 4.70. The zero-order chi connectivity index (χ0) is 12.2. The van der Waals surface area contributed by atoms with Crippen LogP contribution in [0.2, 0.25) is 0 Å². The number of primary amides is 2. The molecule has 9 heteroatoms. The van der Waals surface area contributed by atoms with E-state index < -0.39 is 37.0 Å². The summed E-state index contributed by atoms with van der Waals surface area (Å²) in [6, 6.07) is 0. The van der Waals surface area contributed by atoms with E-state index in [-0.39, 0.29) is 4.90 Å². The molecular weight excluding hydrogens is 219 g/mol. The van der Waals surface area contributed by atoms with Crippen LogP contribution in [0.4, 0.5) is 13.2 Å². The zero-order valence-corrected chi connectivity index (χ0v) is 7.37. The van der Waals surface area contributed by atoms with Crippen molar-refractivity contribution >= 4 is 17.7 Å². The van der Waals surface area contributed by atoms with Crippen LogP contribution in [0.25, 0.3) is 0 Å². The molecule has 3 amide bonds. The number of hydrogen-bond acceptors (Lipinski definition) is 3. The van der Waals surface area contributed by atoms with E-state index in [2.05, 4.69) is 11.5 Å². The average Bonchev–Trinajstić information content (AvgIpc) is 1.98. The number of carbonyl (C=O) groups excluding carboxylic acids is 3. The minimum atomic E-state index is -5.18. The van der Waals surface area contributed by atoms with E-state index >= 15 is 0 Å². The third kappa shape index (κ3) is 4.84. The van der Waals surface area contributed by atoms with Crippen molar-refractivity contribution < 1.29 is 27.6 Å². The smallest absolute Gasteiger partial charge is 0.368 e. The number of hydrogen-bond donors (Lipinski definition) is 2. The predicted molar refractivity (Wildman–Crippen MR) is 41.0 cm³/mol. The van der Waals surface area contributed by atoms with Gasteiger partial charge >= 0.3 is 12.1 Å². The monoisotopic (exact) mass is 227 g/mol. The first-order valence-corrected chi connectivity index (χ1v) is 3.57. The molecule has 0 fully saturated rings. The Bertz CT molecular complexity index is 273. The van der Waals surface area contributed by atoms with Crippen LogP contribution in [0.15, 0.2) is 0 Å². The number of rotatable bonds is 4. The standard InChI is InChI=1S/C6H8F3N3O3/c7-6(8,9)5(15)12(1-3(10)13)2-4(11)14/h1-2H2,(H2,10,13)(H2,11,14). The summed E-state index contributed by atoms with van der Waals surface area (Å²) in [6.07, 6.45) is -5.18. The zero-order valence-electron chi connectivity index (χ0n) is 7.37. The number of halogens is 3. The lowest BCUT2D eigenvalue weighted by Crippen LogP contribution is -2.48. The second-order valence-corrected chi connectivity index (χ2v) is 2.59. The second kappa shape index (κ2) is 4.62. The molecule has 0 spiro atoms. The van der Waals surface area contributed by atoms with Gasteiger partial charge in [-0.05, 0) is 0 Å². The molecule has 0 heterocycles. The Morgan fingerprint density at radius 3 is 1.53 bits per heavy atom. The lowest BCUT2D eigenvalue weighted by Gasteiger charge is -2.20. The highest BCUT2D eigenvalue weighted by atomic mass is 19.4. The Hall–Kier alpha value is -1.80. The fourth-order valence-corrected chi connectivity index (χ4v) is 0.755. The largest absolute Gasteiger partial charge is 0.471 e. The van der Waals surface area contributed by atoms with Crippen LogP contribution in [0.3, 0.4) is 0 Å². The summed E-state index contributed by atoms with van der Waals surface area (Å²) < 4.78 is 35.7. The fourth-order valence-electron chi connectivity index (χ4n) is 0.755. The SMILES string of the molecule is NC(=O)CN(CC(N)=O)C(=O)C(F)(F)F.